The predicted molar refractivity (Wildman–Crippen MR) is 80.1 cm³/mol. The van der Waals surface area contributed by atoms with Crippen LogP contribution in [0.15, 0.2) is 18.2 Å². The van der Waals surface area contributed by atoms with E-state index < -0.39 is 0 Å². The Hall–Kier alpha value is -0.930. The number of aryl methyl sites for hydroxylation is 1. The minimum atomic E-state index is -0.141. The fourth-order valence-corrected chi connectivity index (χ4v) is 3.96. The lowest BCUT2D eigenvalue weighted by Gasteiger charge is -2.36. The van der Waals surface area contributed by atoms with Gasteiger partial charge in [-0.3, -0.25) is 0 Å². The molecule has 2 bridgehead atoms. The number of hydrogen-bond donors (Lipinski definition) is 1. The minimum Gasteiger partial charge on any atom is -0.312 e. The van der Waals surface area contributed by atoms with Crippen molar-refractivity contribution in [2.75, 3.05) is 13.6 Å². The van der Waals surface area contributed by atoms with Gasteiger partial charge in [-0.05, 0) is 75.4 Å². The quantitative estimate of drug-likeness (QED) is 0.909. The van der Waals surface area contributed by atoms with E-state index in [9.17, 15) is 4.39 Å². The van der Waals surface area contributed by atoms with E-state index in [1.165, 1.54) is 31.2 Å². The Kier molecular flexibility index (Phi) is 4.08. The molecule has 3 rings (SSSR count). The maximum absolute atomic E-state index is 13.1. The van der Waals surface area contributed by atoms with Crippen molar-refractivity contribution in [1.82, 2.24) is 10.2 Å². The summed E-state index contributed by atoms with van der Waals surface area (Å²) in [6.45, 7) is 3.93. The van der Waals surface area contributed by atoms with Crippen LogP contribution in [0.2, 0.25) is 0 Å². The van der Waals surface area contributed by atoms with Gasteiger partial charge in [0.2, 0.25) is 0 Å². The molecule has 1 aromatic carbocycles. The average molecular weight is 276 g/mol. The third kappa shape index (κ3) is 2.89. The molecule has 2 saturated heterocycles. The topological polar surface area (TPSA) is 15.3 Å². The van der Waals surface area contributed by atoms with Gasteiger partial charge in [0.1, 0.15) is 5.82 Å². The van der Waals surface area contributed by atoms with Crippen molar-refractivity contribution in [1.29, 1.82) is 0 Å². The molecule has 110 valence electrons. The van der Waals surface area contributed by atoms with Crippen LogP contribution in [0.25, 0.3) is 0 Å². The summed E-state index contributed by atoms with van der Waals surface area (Å²) in [5.74, 6) is 0.669. The Morgan fingerprint density at radius 2 is 1.95 bits per heavy atom. The first-order chi connectivity index (χ1) is 9.63. The van der Waals surface area contributed by atoms with Gasteiger partial charge in [-0.15, -0.1) is 0 Å². The molecule has 1 N–H and O–H groups in total. The number of halogens is 1. The minimum absolute atomic E-state index is 0.141. The molecule has 2 nitrogen and oxygen atoms in total. The molecule has 0 spiro atoms. The Bertz CT molecular complexity index is 460. The van der Waals surface area contributed by atoms with Crippen molar-refractivity contribution >= 4 is 0 Å². The van der Waals surface area contributed by atoms with Gasteiger partial charge < -0.3 is 10.2 Å². The summed E-state index contributed by atoms with van der Waals surface area (Å²) in [6.07, 6.45) is 5.44. The van der Waals surface area contributed by atoms with Crippen molar-refractivity contribution in [2.24, 2.45) is 5.92 Å². The molecule has 2 heterocycles. The first-order valence-electron chi connectivity index (χ1n) is 7.81. The van der Waals surface area contributed by atoms with Gasteiger partial charge in [0, 0.05) is 18.6 Å². The van der Waals surface area contributed by atoms with E-state index in [4.69, 9.17) is 0 Å². The lowest BCUT2D eigenvalue weighted by molar-refractivity contribution is 0.133. The maximum atomic E-state index is 13.1. The van der Waals surface area contributed by atoms with Gasteiger partial charge in [0.05, 0.1) is 0 Å². The highest BCUT2D eigenvalue weighted by molar-refractivity contribution is 5.26. The van der Waals surface area contributed by atoms with Gasteiger partial charge in [0.25, 0.3) is 0 Å². The SMILES string of the molecule is Cc1cc(F)ccc1CNCC1CC2CCC(C1)N2C. The predicted octanol–water partition coefficient (Wildman–Crippen LogP) is 3.10. The highest BCUT2D eigenvalue weighted by atomic mass is 19.1. The number of benzene rings is 1. The van der Waals surface area contributed by atoms with Crippen molar-refractivity contribution < 1.29 is 4.39 Å². The van der Waals surface area contributed by atoms with E-state index in [1.807, 2.05) is 13.0 Å². The molecule has 3 heteroatoms. The van der Waals surface area contributed by atoms with Gasteiger partial charge in [-0.2, -0.15) is 0 Å². The van der Waals surface area contributed by atoms with E-state index in [0.29, 0.717) is 0 Å². The fourth-order valence-electron chi connectivity index (χ4n) is 3.96. The van der Waals surface area contributed by atoms with Crippen LogP contribution in [0.1, 0.15) is 36.8 Å². The van der Waals surface area contributed by atoms with Crippen molar-refractivity contribution in [3.63, 3.8) is 0 Å². The molecule has 0 aromatic heterocycles. The molecule has 0 aliphatic carbocycles. The van der Waals surface area contributed by atoms with Gasteiger partial charge >= 0.3 is 0 Å². The first-order valence-corrected chi connectivity index (χ1v) is 7.81. The highest BCUT2D eigenvalue weighted by Crippen LogP contribution is 2.37. The van der Waals surface area contributed by atoms with Crippen molar-refractivity contribution in [3.8, 4) is 0 Å². The molecule has 2 aliphatic rings. The Morgan fingerprint density at radius 1 is 1.25 bits per heavy atom. The zero-order valence-corrected chi connectivity index (χ0v) is 12.5. The highest BCUT2D eigenvalue weighted by Gasteiger charge is 2.37. The molecule has 0 amide bonds. The van der Waals surface area contributed by atoms with Gasteiger partial charge in [-0.25, -0.2) is 4.39 Å². The van der Waals surface area contributed by atoms with Crippen LogP contribution >= 0.6 is 0 Å². The summed E-state index contributed by atoms with van der Waals surface area (Å²) in [5.41, 5.74) is 2.25. The van der Waals surface area contributed by atoms with E-state index in [0.717, 1.165) is 36.7 Å². The Balaban J connectivity index is 1.49. The third-order valence-corrected chi connectivity index (χ3v) is 5.25. The third-order valence-electron chi connectivity index (χ3n) is 5.25. The molecule has 2 atom stereocenters. The number of fused-ring (bicyclic) bond motifs is 2. The zero-order chi connectivity index (χ0) is 14.1. The van der Waals surface area contributed by atoms with Crippen molar-refractivity contribution in [3.05, 3.63) is 35.1 Å². The number of piperidine rings is 1. The normalized spacial score (nSPS) is 29.9. The fraction of sp³-hybridized carbons (Fsp3) is 0.647. The summed E-state index contributed by atoms with van der Waals surface area (Å²) >= 11 is 0. The molecule has 2 unspecified atom stereocenters. The molecule has 0 saturated carbocycles. The molecule has 0 radical (unpaired) electrons. The largest absolute Gasteiger partial charge is 0.312 e. The second-order valence-electron chi connectivity index (χ2n) is 6.59. The summed E-state index contributed by atoms with van der Waals surface area (Å²) in [4.78, 5) is 2.58. The number of rotatable bonds is 4. The maximum Gasteiger partial charge on any atom is 0.123 e. The molecule has 20 heavy (non-hydrogen) atoms. The smallest absolute Gasteiger partial charge is 0.123 e. The second kappa shape index (κ2) is 5.82. The van der Waals surface area contributed by atoms with E-state index in [-0.39, 0.29) is 5.82 Å². The van der Waals surface area contributed by atoms with Crippen LogP contribution in [0.5, 0.6) is 0 Å². The molecular weight excluding hydrogens is 251 g/mol. The van der Waals surface area contributed by atoms with E-state index in [2.05, 4.69) is 17.3 Å². The van der Waals surface area contributed by atoms with Crippen LogP contribution in [-0.4, -0.2) is 30.6 Å². The first kappa shape index (κ1) is 14.0. The number of hydrogen-bond acceptors (Lipinski definition) is 2. The molecular formula is C17H25FN2. The van der Waals surface area contributed by atoms with E-state index >= 15 is 0 Å². The molecule has 2 fully saturated rings. The standard InChI is InChI=1S/C17H25FN2/c1-12-7-15(18)4-3-14(12)11-19-10-13-8-16-5-6-17(9-13)20(16)2/h3-4,7,13,16-17,19H,5-6,8-11H2,1-2H3. The number of nitrogens with zero attached hydrogens (tertiary/aromatic N) is 1. The number of nitrogens with one attached hydrogen (secondary N) is 1. The van der Waals surface area contributed by atoms with Crippen LogP contribution in [0.3, 0.4) is 0 Å². The van der Waals surface area contributed by atoms with Crippen LogP contribution in [-0.2, 0) is 6.54 Å². The summed E-state index contributed by atoms with van der Waals surface area (Å²) in [5, 5.41) is 3.57. The monoisotopic (exact) mass is 276 g/mol. The lowest BCUT2D eigenvalue weighted by Crippen LogP contribution is -2.42. The summed E-state index contributed by atoms with van der Waals surface area (Å²) < 4.78 is 13.1. The lowest BCUT2D eigenvalue weighted by atomic mass is 9.91. The van der Waals surface area contributed by atoms with Crippen LogP contribution in [0.4, 0.5) is 4.39 Å². The summed E-state index contributed by atoms with van der Waals surface area (Å²) in [6, 6.07) is 6.70. The zero-order valence-electron chi connectivity index (χ0n) is 12.5. The van der Waals surface area contributed by atoms with Crippen LogP contribution in [0, 0.1) is 18.7 Å². The Morgan fingerprint density at radius 3 is 2.60 bits per heavy atom. The van der Waals surface area contributed by atoms with Crippen molar-refractivity contribution in [2.45, 2.75) is 51.2 Å². The molecule has 2 aliphatic heterocycles. The second-order valence-corrected chi connectivity index (χ2v) is 6.59. The van der Waals surface area contributed by atoms with Crippen LogP contribution < -0.4 is 5.32 Å². The molecule has 1 aromatic rings. The average Bonchev–Trinajstić information content (AvgIpc) is 2.64. The summed E-state index contributed by atoms with van der Waals surface area (Å²) in [7, 11) is 2.29. The van der Waals surface area contributed by atoms with Gasteiger partial charge in [-0.1, -0.05) is 6.07 Å². The van der Waals surface area contributed by atoms with Gasteiger partial charge in [0.15, 0.2) is 0 Å². The van der Waals surface area contributed by atoms with E-state index in [1.54, 1.807) is 12.1 Å². The Labute approximate surface area is 121 Å².